The molecule has 2 aromatic carbocycles. The topological polar surface area (TPSA) is 52.0 Å². The van der Waals surface area contributed by atoms with Crippen LogP contribution >= 0.6 is 0 Å². The van der Waals surface area contributed by atoms with Crippen LogP contribution in [0.25, 0.3) is 0 Å². The number of rotatable bonds is 11. The Morgan fingerprint density at radius 2 is 0.630 bits per heavy atom. The van der Waals surface area contributed by atoms with E-state index in [1.54, 1.807) is 0 Å². The number of hydrogen-bond acceptors (Lipinski definition) is 2. The van der Waals surface area contributed by atoms with Gasteiger partial charge in [-0.05, 0) is 122 Å². The number of anilines is 2. The lowest BCUT2D eigenvalue weighted by Gasteiger charge is -2.42. The van der Waals surface area contributed by atoms with Crippen LogP contribution in [-0.2, 0) is 11.8 Å². The van der Waals surface area contributed by atoms with Gasteiger partial charge in [0, 0.05) is 22.5 Å². The SMILES string of the molecule is Nc1c(C2CCC2)cc(C(F)(F)C(F)(F)C(F)(F)C(F)(F)C(F)(F)C(F)(F)c2cc(C3CCC3)c(N)c(C3CC3)c2)cc1C1CC1. The minimum Gasteiger partial charge on any atom is -0.398 e. The number of nitrogens with two attached hydrogens (primary N) is 2. The minimum atomic E-state index is -7.67. The van der Waals surface area contributed by atoms with Gasteiger partial charge in [-0.15, -0.1) is 0 Å². The number of nitrogen functional groups attached to an aromatic ring is 2. The van der Waals surface area contributed by atoms with E-state index >= 15 is 52.7 Å². The van der Waals surface area contributed by atoms with Crippen molar-refractivity contribution in [3.8, 4) is 0 Å². The molecule has 0 bridgehead atoms. The van der Waals surface area contributed by atoms with Gasteiger partial charge in [0.25, 0.3) is 0 Å². The first-order chi connectivity index (χ1) is 21.2. The Kier molecular flexibility index (Phi) is 7.45. The van der Waals surface area contributed by atoms with Crippen LogP contribution in [-0.4, -0.2) is 23.7 Å². The summed E-state index contributed by atoms with van der Waals surface area (Å²) in [5.74, 6) is -44.2. The van der Waals surface area contributed by atoms with E-state index < -0.39 is 70.3 Å². The number of halogens is 12. The fraction of sp³-hybridized carbons (Fsp3) is 0.625. The third-order valence-corrected chi connectivity index (χ3v) is 10.3. The van der Waals surface area contributed by atoms with Gasteiger partial charge >= 0.3 is 35.5 Å². The van der Waals surface area contributed by atoms with Crippen LogP contribution in [0.4, 0.5) is 64.1 Å². The molecule has 0 spiro atoms. The Hall–Kier alpha value is -2.80. The highest BCUT2D eigenvalue weighted by atomic mass is 19.4. The van der Waals surface area contributed by atoms with Gasteiger partial charge in [-0.1, -0.05) is 12.8 Å². The van der Waals surface area contributed by atoms with Gasteiger partial charge in [0.05, 0.1) is 0 Å². The van der Waals surface area contributed by atoms with Crippen molar-refractivity contribution in [2.75, 3.05) is 11.5 Å². The molecule has 254 valence electrons. The highest BCUT2D eigenvalue weighted by Crippen LogP contribution is 2.64. The van der Waals surface area contributed by atoms with Crippen LogP contribution in [0.1, 0.15) is 121 Å². The molecule has 0 aromatic heterocycles. The van der Waals surface area contributed by atoms with Crippen molar-refractivity contribution in [3.63, 3.8) is 0 Å². The van der Waals surface area contributed by atoms with Crippen LogP contribution in [0.15, 0.2) is 24.3 Å². The quantitative estimate of drug-likeness (QED) is 0.184. The highest BCUT2D eigenvalue weighted by molar-refractivity contribution is 5.62. The Morgan fingerprint density at radius 3 is 0.826 bits per heavy atom. The maximum Gasteiger partial charge on any atom is 0.385 e. The summed E-state index contributed by atoms with van der Waals surface area (Å²) < 4.78 is 183. The van der Waals surface area contributed by atoms with Crippen molar-refractivity contribution in [3.05, 3.63) is 57.6 Å². The van der Waals surface area contributed by atoms with E-state index in [2.05, 4.69) is 0 Å². The van der Waals surface area contributed by atoms with Crippen molar-refractivity contribution in [2.24, 2.45) is 0 Å². The molecular weight excluding hydrogens is 640 g/mol. The zero-order valence-corrected chi connectivity index (χ0v) is 24.4. The van der Waals surface area contributed by atoms with Crippen molar-refractivity contribution in [1.82, 2.24) is 0 Å². The first kappa shape index (κ1) is 33.1. The summed E-state index contributed by atoms with van der Waals surface area (Å²) in [7, 11) is 0. The van der Waals surface area contributed by atoms with Crippen LogP contribution in [0.5, 0.6) is 0 Å². The first-order valence-electron chi connectivity index (χ1n) is 15.3. The largest absolute Gasteiger partial charge is 0.398 e. The predicted molar refractivity (Wildman–Crippen MR) is 146 cm³/mol. The Morgan fingerprint density at radius 1 is 0.391 bits per heavy atom. The molecule has 46 heavy (non-hydrogen) atoms. The van der Waals surface area contributed by atoms with E-state index in [1.807, 2.05) is 0 Å². The molecule has 4 aliphatic rings. The maximum absolute atomic E-state index is 15.5. The molecule has 2 nitrogen and oxygen atoms in total. The van der Waals surface area contributed by atoms with E-state index in [-0.39, 0.29) is 33.6 Å². The fourth-order valence-corrected chi connectivity index (χ4v) is 6.49. The van der Waals surface area contributed by atoms with Crippen molar-refractivity contribution >= 4 is 11.4 Å². The normalized spacial score (nSPS) is 20.9. The third kappa shape index (κ3) is 4.61. The van der Waals surface area contributed by atoms with Crippen LogP contribution in [0.2, 0.25) is 0 Å². The second-order valence-electron chi connectivity index (χ2n) is 13.4. The summed E-state index contributed by atoms with van der Waals surface area (Å²) in [5, 5.41) is 0. The number of alkyl halides is 12. The van der Waals surface area contributed by atoms with Crippen molar-refractivity contribution < 1.29 is 52.7 Å². The molecule has 0 aliphatic heterocycles. The van der Waals surface area contributed by atoms with Crippen molar-refractivity contribution in [1.29, 1.82) is 0 Å². The molecule has 0 amide bonds. The summed E-state index contributed by atoms with van der Waals surface area (Å²) >= 11 is 0. The molecule has 4 fully saturated rings. The Labute approximate surface area is 256 Å². The molecular formula is C32H32F12N2. The molecule has 0 unspecified atom stereocenters. The summed E-state index contributed by atoms with van der Waals surface area (Å²) in [6.07, 6.45) is 4.53. The molecule has 0 atom stereocenters. The summed E-state index contributed by atoms with van der Waals surface area (Å²) in [6, 6.07) is 1.57. The van der Waals surface area contributed by atoms with E-state index in [4.69, 9.17) is 11.5 Å². The summed E-state index contributed by atoms with van der Waals surface area (Å²) in [5.41, 5.74) is 8.15. The molecule has 14 heteroatoms. The molecule has 0 saturated heterocycles. The van der Waals surface area contributed by atoms with E-state index in [1.165, 1.54) is 0 Å². The summed E-state index contributed by atoms with van der Waals surface area (Å²) in [6.45, 7) is 0. The van der Waals surface area contributed by atoms with Gasteiger partial charge in [-0.2, -0.15) is 52.7 Å². The van der Waals surface area contributed by atoms with Gasteiger partial charge in [0.2, 0.25) is 0 Å². The van der Waals surface area contributed by atoms with Gasteiger partial charge in [-0.3, -0.25) is 0 Å². The molecule has 0 radical (unpaired) electrons. The van der Waals surface area contributed by atoms with E-state index in [9.17, 15) is 0 Å². The monoisotopic (exact) mass is 672 g/mol. The molecule has 6 rings (SSSR count). The molecule has 4 N–H and O–H groups in total. The standard InChI is InChI=1S/C32H32F12N2/c33-27(34,19-11-21(15-3-1-4-15)25(45)23(13-19)17-7-8-17)29(37,38)31(41,42)32(43,44)30(39,40)28(35,36)20-12-22(16-5-2-6-16)26(46)24(14-20)18-9-10-18/h11-18H,1-10,45-46H2. The average Bonchev–Trinajstić information content (AvgIpc) is 3.82. The predicted octanol–water partition coefficient (Wildman–Crippen LogP) is 10.6. The fourth-order valence-electron chi connectivity index (χ4n) is 6.49. The highest BCUT2D eigenvalue weighted by Gasteiger charge is 2.90. The summed E-state index contributed by atoms with van der Waals surface area (Å²) in [4.78, 5) is 0. The Balaban J connectivity index is 1.40. The Bertz CT molecular complexity index is 1410. The zero-order valence-electron chi connectivity index (χ0n) is 24.4. The molecule has 4 aliphatic carbocycles. The van der Waals surface area contributed by atoms with Crippen LogP contribution < -0.4 is 11.5 Å². The van der Waals surface area contributed by atoms with Crippen molar-refractivity contribution in [2.45, 2.75) is 123 Å². The maximum atomic E-state index is 15.5. The van der Waals surface area contributed by atoms with E-state index in [0.717, 1.165) is 0 Å². The van der Waals surface area contributed by atoms with Crippen LogP contribution in [0.3, 0.4) is 0 Å². The lowest BCUT2D eigenvalue weighted by atomic mass is 9.76. The lowest BCUT2D eigenvalue weighted by Crippen LogP contribution is -2.69. The lowest BCUT2D eigenvalue weighted by molar-refractivity contribution is -0.429. The zero-order chi connectivity index (χ0) is 33.8. The van der Waals surface area contributed by atoms with Gasteiger partial charge in [-0.25, -0.2) is 0 Å². The number of benzene rings is 2. The van der Waals surface area contributed by atoms with Crippen LogP contribution in [0, 0.1) is 0 Å². The second kappa shape index (κ2) is 10.3. The molecule has 0 heterocycles. The minimum absolute atomic E-state index is 0.0198. The smallest absolute Gasteiger partial charge is 0.385 e. The van der Waals surface area contributed by atoms with E-state index in [0.29, 0.717) is 88.5 Å². The third-order valence-electron chi connectivity index (χ3n) is 10.3. The van der Waals surface area contributed by atoms with Gasteiger partial charge < -0.3 is 11.5 Å². The second-order valence-corrected chi connectivity index (χ2v) is 13.4. The first-order valence-corrected chi connectivity index (χ1v) is 15.3. The average molecular weight is 673 g/mol. The molecule has 2 aromatic rings. The van der Waals surface area contributed by atoms with Gasteiger partial charge in [0.15, 0.2) is 0 Å². The van der Waals surface area contributed by atoms with Gasteiger partial charge in [0.1, 0.15) is 0 Å². The number of hydrogen-bond donors (Lipinski definition) is 2. The molecule has 4 saturated carbocycles.